The number of likely N-dealkylation sites (tertiary alicyclic amines) is 1. The number of halogens is 3. The van der Waals surface area contributed by atoms with Crippen LogP contribution >= 0.6 is 34.4 Å². The average molecular weight is 1450 g/mol. The minimum atomic E-state index is -3.10. The Morgan fingerprint density at radius 2 is 1.44 bits per heavy atom. The van der Waals surface area contributed by atoms with Crippen LogP contribution in [0.1, 0.15) is 54.4 Å². The first-order valence-electron chi connectivity index (χ1n) is 31.4. The molecule has 3 aliphatic heterocycles. The maximum absolute atomic E-state index is 14.0. The third-order valence-corrected chi connectivity index (χ3v) is 17.7. The highest BCUT2D eigenvalue weighted by atomic mass is 127. The molecule has 2 unspecified atom stereocenters. The summed E-state index contributed by atoms with van der Waals surface area (Å²) in [6.45, 7) is 5.23. The monoisotopic (exact) mass is 1450 g/mol. The fourth-order valence-electron chi connectivity index (χ4n) is 10.7. The quantitative estimate of drug-likeness (QED) is 0.0199. The molecule has 3 fully saturated rings. The normalized spacial score (nSPS) is 17.7. The maximum atomic E-state index is 14.0. The van der Waals surface area contributed by atoms with Gasteiger partial charge in [0.2, 0.25) is 23.6 Å². The van der Waals surface area contributed by atoms with Gasteiger partial charge in [0.15, 0.2) is 0 Å². The van der Waals surface area contributed by atoms with E-state index in [-0.39, 0.29) is 95.5 Å². The minimum absolute atomic E-state index is 0.0205. The van der Waals surface area contributed by atoms with Crippen molar-refractivity contribution in [2.75, 3.05) is 169 Å². The largest absolute Gasteiger partial charge is 0.494 e. The lowest BCUT2D eigenvalue weighted by molar-refractivity contribution is -0.141. The number of hydrogen-bond donors (Lipinski definition) is 6. The first-order chi connectivity index (χ1) is 45.3. The number of alkyl halides is 2. The van der Waals surface area contributed by atoms with Crippen LogP contribution in [0.5, 0.6) is 5.75 Å². The molecule has 3 atom stereocenters. The van der Waals surface area contributed by atoms with Gasteiger partial charge in [-0.3, -0.25) is 72.6 Å². The zero-order valence-electron chi connectivity index (χ0n) is 52.8. The number of aryl methyl sites for hydroxylation is 1. The van der Waals surface area contributed by atoms with Crippen molar-refractivity contribution in [2.24, 2.45) is 0 Å². The molecule has 6 rings (SSSR count). The number of carbonyl (C=O) groups excluding carboxylic acids is 8. The molecule has 94 heavy (non-hydrogen) atoms. The number of thioether (sulfide) groups is 1. The summed E-state index contributed by atoms with van der Waals surface area (Å²) in [5.74, 6) is -3.78. The number of nitrogens with zero attached hydrogens (tertiary/aromatic N) is 8. The number of carboxylic acid groups (broad SMARTS) is 1. The van der Waals surface area contributed by atoms with Gasteiger partial charge in [-0.05, 0) is 103 Å². The van der Waals surface area contributed by atoms with Crippen molar-refractivity contribution in [1.82, 2.24) is 60.6 Å². The number of unbranched alkanes of at least 4 members (excludes halogenated alkanes) is 1. The first kappa shape index (κ1) is 76.1. The number of carboxylic acids is 1. The zero-order chi connectivity index (χ0) is 67.7. The summed E-state index contributed by atoms with van der Waals surface area (Å²) in [6, 6.07) is 12.7. The van der Waals surface area contributed by atoms with Gasteiger partial charge < -0.3 is 60.2 Å². The highest BCUT2D eigenvalue weighted by Crippen LogP contribution is 2.32. The van der Waals surface area contributed by atoms with Crippen molar-refractivity contribution < 1.29 is 81.1 Å². The number of amides is 6. The van der Waals surface area contributed by atoms with E-state index >= 15 is 0 Å². The molecule has 6 N–H and O–H groups in total. The molecule has 2 aromatic carbocycles. The SMILES string of the molecule is C#C[C@H]1CC(F)(F)CN1C(=O)CNC(=O)c1ccnc2ccc(OCCCCN3CCN(C(=O)C(O)CSCCNC(=O)C(CCOCCNC(=O)CCCc4ccc(I)cc4)NC(=O)CN4CCN(COC=O)CCN(COC=O)CCN(CC(=O)O)CC4)CC3)cc12. The van der Waals surface area contributed by atoms with Gasteiger partial charge in [-0.2, -0.15) is 11.8 Å². The molecule has 3 aromatic rings. The van der Waals surface area contributed by atoms with Crippen LogP contribution in [0.25, 0.3) is 10.9 Å². The number of aliphatic carboxylic acids is 1. The van der Waals surface area contributed by atoms with Crippen molar-refractivity contribution in [3.8, 4) is 18.1 Å². The predicted octanol–water partition coefficient (Wildman–Crippen LogP) is 0.550. The van der Waals surface area contributed by atoms with Crippen molar-refractivity contribution in [1.29, 1.82) is 0 Å². The highest BCUT2D eigenvalue weighted by molar-refractivity contribution is 14.1. The number of pyridine rings is 1. The van der Waals surface area contributed by atoms with E-state index in [0.717, 1.165) is 33.4 Å². The van der Waals surface area contributed by atoms with E-state index in [1.807, 2.05) is 39.0 Å². The molecule has 0 spiro atoms. The molecular formula is C63H87F2IN12O15S. The number of nitrogens with one attached hydrogen (secondary N) is 4. The molecule has 3 aliphatic rings. The molecule has 516 valence electrons. The van der Waals surface area contributed by atoms with Crippen LogP contribution < -0.4 is 26.0 Å². The van der Waals surface area contributed by atoms with Crippen LogP contribution in [0.15, 0.2) is 54.7 Å². The Morgan fingerprint density at radius 3 is 2.10 bits per heavy atom. The molecule has 3 saturated heterocycles. The smallest absolute Gasteiger partial charge is 0.317 e. The van der Waals surface area contributed by atoms with E-state index in [4.69, 9.17) is 25.4 Å². The standard InChI is InChI=1S/C63H87F2IN12O15S/c1-2-49-37-63(64,65)42-78(49)58(84)38-70-60(87)51-14-16-67-53-13-12-50(36-52(51)53)93-32-4-3-19-72-28-30-77(31-29-72)62(89)55(81)41-94-35-18-69-61(88)54(15-33-90-34-17-68-56(82)7-5-6-47-8-10-48(66)11-9-47)71-57(83)39-73-20-21-74(40-59(85)86)23-25-76(44-92-46-80)27-26-75(24-22-73)43-91-45-79/h1,8-14,16,36,45-46,49,54-55,81H,3-7,15,17-35,37-44H2,(H,68,82)(H,69,88)(H,70,87)(H,71,83)(H,85,86)/t49-,54?,55?/m0/s1. The maximum Gasteiger partial charge on any atom is 0.317 e. The van der Waals surface area contributed by atoms with Crippen LogP contribution in [0, 0.1) is 15.9 Å². The molecule has 0 saturated carbocycles. The number of aliphatic hydroxyl groups excluding tert-OH is 1. The van der Waals surface area contributed by atoms with E-state index in [1.54, 1.807) is 28.0 Å². The van der Waals surface area contributed by atoms with Gasteiger partial charge in [-0.15, -0.1) is 6.42 Å². The number of aliphatic hydroxyl groups is 1. The second-order valence-electron chi connectivity index (χ2n) is 22.9. The summed E-state index contributed by atoms with van der Waals surface area (Å²) >= 11 is 3.53. The van der Waals surface area contributed by atoms with Gasteiger partial charge >= 0.3 is 5.97 Å². The lowest BCUT2D eigenvalue weighted by atomic mass is 10.1. The van der Waals surface area contributed by atoms with Gasteiger partial charge in [0.1, 0.15) is 31.4 Å². The Balaban J connectivity index is 0.918. The second-order valence-corrected chi connectivity index (χ2v) is 25.3. The number of benzene rings is 2. The van der Waals surface area contributed by atoms with E-state index < -0.39 is 73.2 Å². The number of ether oxygens (including phenoxy) is 4. The highest BCUT2D eigenvalue weighted by Gasteiger charge is 2.46. The van der Waals surface area contributed by atoms with Gasteiger partial charge in [0.25, 0.3) is 30.7 Å². The Labute approximate surface area is 564 Å². The second kappa shape index (κ2) is 41.1. The van der Waals surface area contributed by atoms with E-state index in [0.29, 0.717) is 127 Å². The lowest BCUT2D eigenvalue weighted by Crippen LogP contribution is -2.52. The van der Waals surface area contributed by atoms with Crippen LogP contribution in [0.3, 0.4) is 0 Å². The Morgan fingerprint density at radius 1 is 0.777 bits per heavy atom. The van der Waals surface area contributed by atoms with Crippen LogP contribution in [-0.2, 0) is 59.0 Å². The van der Waals surface area contributed by atoms with Gasteiger partial charge in [-0.25, -0.2) is 8.78 Å². The number of terminal acetylenes is 1. The molecule has 31 heteroatoms. The fourth-order valence-corrected chi connectivity index (χ4v) is 11.9. The van der Waals surface area contributed by atoms with Crippen molar-refractivity contribution >= 4 is 99.6 Å². The third kappa shape index (κ3) is 27.4. The van der Waals surface area contributed by atoms with E-state index in [2.05, 4.69) is 59.7 Å². The number of aromatic nitrogens is 1. The molecule has 4 heterocycles. The average Bonchev–Trinajstić information content (AvgIpc) is 1.59. The molecule has 0 bridgehead atoms. The van der Waals surface area contributed by atoms with Crippen LogP contribution in [0.2, 0.25) is 0 Å². The Hall–Kier alpha value is -6.90. The Bertz CT molecular complexity index is 2990. The van der Waals surface area contributed by atoms with Gasteiger partial charge in [0.05, 0.1) is 56.5 Å². The van der Waals surface area contributed by atoms with Crippen molar-refractivity contribution in [2.45, 2.75) is 69.1 Å². The minimum Gasteiger partial charge on any atom is -0.494 e. The topological polar surface area (TPSA) is 315 Å². The third-order valence-electron chi connectivity index (χ3n) is 15.9. The van der Waals surface area contributed by atoms with Crippen LogP contribution in [0.4, 0.5) is 8.78 Å². The summed E-state index contributed by atoms with van der Waals surface area (Å²) in [7, 11) is 0. The van der Waals surface area contributed by atoms with Crippen molar-refractivity contribution in [3.05, 3.63) is 69.4 Å². The fraction of sp³-hybridized carbons (Fsp3) is 0.587. The van der Waals surface area contributed by atoms with Gasteiger partial charge in [-0.1, -0.05) is 18.1 Å². The molecule has 1 aromatic heterocycles. The summed E-state index contributed by atoms with van der Waals surface area (Å²) in [5, 5.41) is 32.2. The van der Waals surface area contributed by atoms with Crippen molar-refractivity contribution in [3.63, 3.8) is 0 Å². The lowest BCUT2D eigenvalue weighted by Gasteiger charge is -2.35. The summed E-state index contributed by atoms with van der Waals surface area (Å²) in [6.07, 6.45) is 8.29. The van der Waals surface area contributed by atoms with E-state index in [1.165, 1.54) is 24.0 Å². The van der Waals surface area contributed by atoms with Crippen LogP contribution in [-0.4, -0.2) is 297 Å². The molecule has 27 nitrogen and oxygen atoms in total. The molecule has 0 aliphatic carbocycles. The summed E-state index contributed by atoms with van der Waals surface area (Å²) in [5.41, 5.74) is 1.89. The summed E-state index contributed by atoms with van der Waals surface area (Å²) < 4.78 is 51.0. The van der Waals surface area contributed by atoms with Gasteiger partial charge in [0, 0.05) is 138 Å². The molecule has 0 radical (unpaired) electrons. The number of carbonyl (C=O) groups is 9. The number of rotatable bonds is 37. The predicted molar refractivity (Wildman–Crippen MR) is 352 cm³/mol. The zero-order valence-corrected chi connectivity index (χ0v) is 55.8. The first-order valence-corrected chi connectivity index (χ1v) is 33.6. The number of hydrogen-bond acceptors (Lipinski definition) is 21. The number of piperazine rings is 1. The number of fused-ring (bicyclic) bond motifs is 1. The molecular weight excluding hydrogens is 1360 g/mol. The Kier molecular flexibility index (Phi) is 33.3. The molecule has 6 amide bonds. The van der Waals surface area contributed by atoms with E-state index in [9.17, 15) is 62.1 Å². The summed E-state index contributed by atoms with van der Waals surface area (Å²) in [4.78, 5) is 130.